The van der Waals surface area contributed by atoms with Crippen LogP contribution in [0.4, 0.5) is 0 Å². The van der Waals surface area contributed by atoms with Gasteiger partial charge in [-0.05, 0) is 12.1 Å². The van der Waals surface area contributed by atoms with E-state index < -0.39 is 0 Å². The highest BCUT2D eigenvalue weighted by Gasteiger charge is 1.98. The Morgan fingerprint density at radius 2 is 2.23 bits per heavy atom. The maximum Gasteiger partial charge on any atom is 0.0869 e. The SMILES string of the molecule is N#CCSc1cc2ccccc2[nH]1. The summed E-state index contributed by atoms with van der Waals surface area (Å²) in [7, 11) is 0. The molecule has 0 fully saturated rings. The highest BCUT2D eigenvalue weighted by molar-refractivity contribution is 7.99. The lowest BCUT2D eigenvalue weighted by molar-refractivity contribution is 1.24. The summed E-state index contributed by atoms with van der Waals surface area (Å²) in [6.07, 6.45) is 0. The second-order valence-corrected chi connectivity index (χ2v) is 3.68. The second-order valence-electron chi connectivity index (χ2n) is 2.67. The number of nitrogens with one attached hydrogen (secondary N) is 1. The summed E-state index contributed by atoms with van der Waals surface area (Å²) in [4.78, 5) is 3.24. The zero-order valence-electron chi connectivity index (χ0n) is 6.95. The van der Waals surface area contributed by atoms with E-state index in [1.807, 2.05) is 18.2 Å². The van der Waals surface area contributed by atoms with Crippen molar-refractivity contribution in [3.63, 3.8) is 0 Å². The maximum atomic E-state index is 8.42. The van der Waals surface area contributed by atoms with Gasteiger partial charge in [0.05, 0.1) is 16.8 Å². The van der Waals surface area contributed by atoms with Crippen molar-refractivity contribution in [2.45, 2.75) is 5.03 Å². The van der Waals surface area contributed by atoms with Gasteiger partial charge in [0.15, 0.2) is 0 Å². The highest BCUT2D eigenvalue weighted by Crippen LogP contribution is 2.22. The third kappa shape index (κ3) is 1.68. The molecule has 0 aliphatic heterocycles. The van der Waals surface area contributed by atoms with Crippen molar-refractivity contribution in [3.05, 3.63) is 30.3 Å². The molecule has 0 unspecified atom stereocenters. The Bertz CT molecular complexity index is 420. The molecule has 2 rings (SSSR count). The fourth-order valence-electron chi connectivity index (χ4n) is 1.23. The van der Waals surface area contributed by atoms with Gasteiger partial charge in [0, 0.05) is 10.9 Å². The third-order valence-corrected chi connectivity index (χ3v) is 2.60. The number of hydrogen-bond donors (Lipinski definition) is 1. The Morgan fingerprint density at radius 3 is 3.00 bits per heavy atom. The van der Waals surface area contributed by atoms with E-state index in [4.69, 9.17) is 5.26 Å². The zero-order valence-corrected chi connectivity index (χ0v) is 7.77. The molecule has 1 N–H and O–H groups in total. The van der Waals surface area contributed by atoms with Crippen molar-refractivity contribution in [3.8, 4) is 6.07 Å². The molecule has 0 spiro atoms. The van der Waals surface area contributed by atoms with E-state index in [-0.39, 0.29) is 0 Å². The highest BCUT2D eigenvalue weighted by atomic mass is 32.2. The van der Waals surface area contributed by atoms with Gasteiger partial charge in [0.25, 0.3) is 0 Å². The summed E-state index contributed by atoms with van der Waals surface area (Å²) < 4.78 is 0. The Kier molecular flexibility index (Phi) is 2.24. The molecule has 1 aromatic heterocycles. The van der Waals surface area contributed by atoms with Gasteiger partial charge >= 0.3 is 0 Å². The molecule has 1 aromatic carbocycles. The summed E-state index contributed by atoms with van der Waals surface area (Å²) in [5.41, 5.74) is 1.13. The molecule has 0 bridgehead atoms. The molecule has 2 aromatic rings. The number of rotatable bonds is 2. The van der Waals surface area contributed by atoms with Crippen LogP contribution in [0.3, 0.4) is 0 Å². The van der Waals surface area contributed by atoms with Crippen molar-refractivity contribution >= 4 is 22.7 Å². The van der Waals surface area contributed by atoms with E-state index in [0.717, 1.165) is 10.5 Å². The summed E-state index contributed by atoms with van der Waals surface area (Å²) in [6.45, 7) is 0. The molecule has 0 amide bonds. The van der Waals surface area contributed by atoms with Crippen molar-refractivity contribution in [2.24, 2.45) is 0 Å². The van der Waals surface area contributed by atoms with Gasteiger partial charge in [-0.25, -0.2) is 0 Å². The molecule has 0 aliphatic carbocycles. The fraction of sp³-hybridized carbons (Fsp3) is 0.100. The lowest BCUT2D eigenvalue weighted by atomic mass is 10.3. The predicted octanol–water partition coefficient (Wildman–Crippen LogP) is 2.78. The van der Waals surface area contributed by atoms with E-state index in [0.29, 0.717) is 5.75 Å². The van der Waals surface area contributed by atoms with Gasteiger partial charge < -0.3 is 4.98 Å². The molecule has 0 aliphatic rings. The van der Waals surface area contributed by atoms with Gasteiger partial charge in [0.2, 0.25) is 0 Å². The minimum atomic E-state index is 0.493. The molecule has 64 valence electrons. The Balaban J connectivity index is 2.34. The predicted molar refractivity (Wildman–Crippen MR) is 54.6 cm³/mol. The fourth-order valence-corrected chi connectivity index (χ4v) is 1.85. The van der Waals surface area contributed by atoms with Crippen LogP contribution in [-0.4, -0.2) is 10.7 Å². The molecular formula is C10H8N2S. The topological polar surface area (TPSA) is 39.6 Å². The average Bonchev–Trinajstić information content (AvgIpc) is 2.57. The van der Waals surface area contributed by atoms with E-state index in [9.17, 15) is 0 Å². The number of fused-ring (bicyclic) bond motifs is 1. The molecule has 1 heterocycles. The number of aromatic amines is 1. The largest absolute Gasteiger partial charge is 0.350 e. The van der Waals surface area contributed by atoms with Crippen molar-refractivity contribution < 1.29 is 0 Å². The summed E-state index contributed by atoms with van der Waals surface area (Å²) in [6, 6.07) is 12.3. The number of para-hydroxylation sites is 1. The van der Waals surface area contributed by atoms with Crippen molar-refractivity contribution in [1.82, 2.24) is 4.98 Å². The van der Waals surface area contributed by atoms with Crippen LogP contribution in [0.15, 0.2) is 35.4 Å². The lowest BCUT2D eigenvalue weighted by Gasteiger charge is -1.87. The zero-order chi connectivity index (χ0) is 9.10. The number of nitriles is 1. The first-order valence-corrected chi connectivity index (χ1v) is 4.96. The Morgan fingerprint density at radius 1 is 1.38 bits per heavy atom. The first-order valence-electron chi connectivity index (χ1n) is 3.97. The number of hydrogen-bond acceptors (Lipinski definition) is 2. The number of H-pyrrole nitrogens is 1. The molecular weight excluding hydrogens is 180 g/mol. The standard InChI is InChI=1S/C10H8N2S/c11-5-6-13-10-7-8-3-1-2-4-9(8)12-10/h1-4,7,12H,6H2. The number of aromatic nitrogens is 1. The summed E-state index contributed by atoms with van der Waals surface area (Å²) in [5.74, 6) is 0.493. The molecule has 13 heavy (non-hydrogen) atoms. The van der Waals surface area contributed by atoms with Crippen LogP contribution in [-0.2, 0) is 0 Å². The van der Waals surface area contributed by atoms with E-state index in [1.54, 1.807) is 0 Å². The monoisotopic (exact) mass is 188 g/mol. The first-order chi connectivity index (χ1) is 6.40. The number of benzene rings is 1. The van der Waals surface area contributed by atoms with Crippen LogP contribution < -0.4 is 0 Å². The van der Waals surface area contributed by atoms with Gasteiger partial charge in [0.1, 0.15) is 0 Å². The average molecular weight is 188 g/mol. The molecule has 0 atom stereocenters. The minimum Gasteiger partial charge on any atom is -0.350 e. The van der Waals surface area contributed by atoms with Crippen LogP contribution in [0.5, 0.6) is 0 Å². The lowest BCUT2D eigenvalue weighted by Crippen LogP contribution is -1.71. The molecule has 3 heteroatoms. The third-order valence-electron chi connectivity index (χ3n) is 1.80. The number of thioether (sulfide) groups is 1. The molecule has 0 radical (unpaired) electrons. The summed E-state index contributed by atoms with van der Waals surface area (Å²) in [5, 5.41) is 10.7. The second kappa shape index (κ2) is 3.55. The maximum absolute atomic E-state index is 8.42. The summed E-state index contributed by atoms with van der Waals surface area (Å²) >= 11 is 1.53. The van der Waals surface area contributed by atoms with Gasteiger partial charge in [-0.1, -0.05) is 30.0 Å². The van der Waals surface area contributed by atoms with Crippen LogP contribution in [0, 0.1) is 11.3 Å². The van der Waals surface area contributed by atoms with Crippen molar-refractivity contribution in [2.75, 3.05) is 5.75 Å². The van der Waals surface area contributed by atoms with Gasteiger partial charge in [-0.2, -0.15) is 5.26 Å². The van der Waals surface area contributed by atoms with Crippen LogP contribution >= 0.6 is 11.8 Å². The van der Waals surface area contributed by atoms with Crippen molar-refractivity contribution in [1.29, 1.82) is 5.26 Å². The Labute approximate surface area is 80.6 Å². The minimum absolute atomic E-state index is 0.493. The van der Waals surface area contributed by atoms with Crippen LogP contribution in [0.1, 0.15) is 0 Å². The van der Waals surface area contributed by atoms with E-state index >= 15 is 0 Å². The van der Waals surface area contributed by atoms with Gasteiger partial charge in [-0.15, -0.1) is 0 Å². The molecule has 0 saturated heterocycles. The van der Waals surface area contributed by atoms with Gasteiger partial charge in [-0.3, -0.25) is 0 Å². The quantitative estimate of drug-likeness (QED) is 0.736. The van der Waals surface area contributed by atoms with E-state index in [1.165, 1.54) is 17.1 Å². The first kappa shape index (κ1) is 8.21. The molecule has 0 saturated carbocycles. The number of nitrogens with zero attached hydrogens (tertiary/aromatic N) is 1. The molecule has 2 nitrogen and oxygen atoms in total. The van der Waals surface area contributed by atoms with E-state index in [2.05, 4.69) is 23.2 Å². The Hall–Kier alpha value is -1.40. The normalized spacial score (nSPS) is 10.1. The van der Waals surface area contributed by atoms with Crippen LogP contribution in [0.2, 0.25) is 0 Å². The smallest absolute Gasteiger partial charge is 0.0869 e. The van der Waals surface area contributed by atoms with Crippen LogP contribution in [0.25, 0.3) is 10.9 Å².